The first-order valence-electron chi connectivity index (χ1n) is 9.40. The van der Waals surface area contributed by atoms with Crippen LogP contribution in [-0.2, 0) is 14.3 Å². The van der Waals surface area contributed by atoms with Crippen LogP contribution in [0, 0.1) is 5.41 Å². The van der Waals surface area contributed by atoms with Gasteiger partial charge in [0.1, 0.15) is 0 Å². The number of ketones is 1. The van der Waals surface area contributed by atoms with Crippen molar-refractivity contribution < 1.29 is 14.3 Å². The van der Waals surface area contributed by atoms with E-state index in [0.717, 1.165) is 29.8 Å². The molecule has 0 aromatic heterocycles. The van der Waals surface area contributed by atoms with Crippen molar-refractivity contribution in [1.29, 1.82) is 0 Å². The zero-order valence-corrected chi connectivity index (χ0v) is 17.1. The maximum absolute atomic E-state index is 13.1. The second kappa shape index (κ2) is 7.51. The third-order valence-electron chi connectivity index (χ3n) is 5.08. The first-order chi connectivity index (χ1) is 12.7. The number of benzene rings is 1. The van der Waals surface area contributed by atoms with Gasteiger partial charge in [0.25, 0.3) is 0 Å². The molecule has 27 heavy (non-hydrogen) atoms. The van der Waals surface area contributed by atoms with E-state index in [4.69, 9.17) is 16.3 Å². The molecule has 1 aliphatic heterocycles. The summed E-state index contributed by atoms with van der Waals surface area (Å²) in [7, 11) is 0. The first kappa shape index (κ1) is 19.7. The minimum Gasteiger partial charge on any atom is -0.462 e. The lowest BCUT2D eigenvalue weighted by Crippen LogP contribution is -2.38. The maximum atomic E-state index is 13.1. The number of rotatable bonds is 4. The molecule has 0 radical (unpaired) electrons. The van der Waals surface area contributed by atoms with Crippen LogP contribution in [0.2, 0.25) is 5.02 Å². The third kappa shape index (κ3) is 3.96. The van der Waals surface area contributed by atoms with E-state index >= 15 is 0 Å². The van der Waals surface area contributed by atoms with E-state index < -0.39 is 5.92 Å². The summed E-state index contributed by atoms with van der Waals surface area (Å²) in [6.45, 7) is 8.36. The second-order valence-electron chi connectivity index (χ2n) is 8.12. The molecule has 0 fully saturated rings. The molecule has 1 aliphatic carbocycles. The summed E-state index contributed by atoms with van der Waals surface area (Å²) in [5.41, 5.74) is 3.55. The Kier molecular flexibility index (Phi) is 5.48. The third-order valence-corrected chi connectivity index (χ3v) is 5.31. The van der Waals surface area contributed by atoms with E-state index in [-0.39, 0.29) is 17.2 Å². The molecule has 0 amide bonds. The Morgan fingerprint density at radius 3 is 2.74 bits per heavy atom. The van der Waals surface area contributed by atoms with Gasteiger partial charge in [-0.05, 0) is 42.9 Å². The Morgan fingerprint density at radius 2 is 2.07 bits per heavy atom. The van der Waals surface area contributed by atoms with Crippen LogP contribution in [0.5, 0.6) is 0 Å². The Bertz CT molecular complexity index is 851. The van der Waals surface area contributed by atoms with Crippen LogP contribution in [0.4, 0.5) is 0 Å². The molecule has 1 heterocycles. The smallest absolute Gasteiger partial charge is 0.336 e. The molecule has 1 aromatic carbocycles. The van der Waals surface area contributed by atoms with E-state index in [0.29, 0.717) is 29.2 Å². The molecule has 1 aromatic rings. The van der Waals surface area contributed by atoms with Gasteiger partial charge in [-0.25, -0.2) is 4.79 Å². The molecule has 0 saturated heterocycles. The summed E-state index contributed by atoms with van der Waals surface area (Å²) in [4.78, 5) is 26.0. The van der Waals surface area contributed by atoms with Crippen LogP contribution in [0.15, 0.2) is 46.8 Å². The number of allylic oxidation sites excluding steroid dienone is 3. The number of esters is 1. The zero-order chi connectivity index (χ0) is 19.8. The van der Waals surface area contributed by atoms with Gasteiger partial charge in [-0.3, -0.25) is 4.79 Å². The molecule has 4 nitrogen and oxygen atoms in total. The first-order valence-corrected chi connectivity index (χ1v) is 9.78. The molecule has 2 aliphatic rings. The van der Waals surface area contributed by atoms with Crippen molar-refractivity contribution in [1.82, 2.24) is 5.32 Å². The second-order valence-corrected chi connectivity index (χ2v) is 8.56. The normalized spacial score (nSPS) is 21.7. The number of ether oxygens (including phenoxy) is 1. The summed E-state index contributed by atoms with van der Waals surface area (Å²) in [5.74, 6) is -0.754. The molecule has 1 unspecified atom stereocenters. The molecule has 1 N–H and O–H groups in total. The Morgan fingerprint density at radius 1 is 1.33 bits per heavy atom. The minimum absolute atomic E-state index is 0.0759. The monoisotopic (exact) mass is 387 g/mol. The van der Waals surface area contributed by atoms with Gasteiger partial charge in [-0.1, -0.05) is 44.5 Å². The SMILES string of the molecule is CCCOC(=O)C1=C(C)NC2=C(C(=O)CC(C)(C)C2)C1c1cccc(Cl)c1. The van der Waals surface area contributed by atoms with E-state index in [1.54, 1.807) is 6.07 Å². The number of hydrogen-bond donors (Lipinski definition) is 1. The summed E-state index contributed by atoms with van der Waals surface area (Å²) < 4.78 is 5.44. The van der Waals surface area contributed by atoms with Crippen LogP contribution < -0.4 is 5.32 Å². The predicted octanol–water partition coefficient (Wildman–Crippen LogP) is 4.90. The molecule has 0 bridgehead atoms. The molecule has 5 heteroatoms. The summed E-state index contributed by atoms with van der Waals surface area (Å²) >= 11 is 6.22. The van der Waals surface area contributed by atoms with E-state index in [9.17, 15) is 9.59 Å². The quantitative estimate of drug-likeness (QED) is 0.747. The van der Waals surface area contributed by atoms with Gasteiger partial charge >= 0.3 is 5.97 Å². The van der Waals surface area contributed by atoms with Crippen molar-refractivity contribution in [2.75, 3.05) is 6.61 Å². The van der Waals surface area contributed by atoms with Crippen LogP contribution >= 0.6 is 11.6 Å². The average Bonchev–Trinajstić information content (AvgIpc) is 2.57. The summed E-state index contributed by atoms with van der Waals surface area (Å²) in [6, 6.07) is 7.38. The molecule has 1 atom stereocenters. The van der Waals surface area contributed by atoms with Crippen molar-refractivity contribution in [3.05, 3.63) is 57.4 Å². The van der Waals surface area contributed by atoms with Crippen molar-refractivity contribution in [3.8, 4) is 0 Å². The minimum atomic E-state index is -0.451. The number of halogens is 1. The van der Waals surface area contributed by atoms with Crippen LogP contribution in [0.1, 0.15) is 58.4 Å². The summed E-state index contributed by atoms with van der Waals surface area (Å²) in [5, 5.41) is 3.91. The van der Waals surface area contributed by atoms with Gasteiger partial charge in [0.2, 0.25) is 0 Å². The molecular formula is C22H26ClNO3. The zero-order valence-electron chi connectivity index (χ0n) is 16.3. The van der Waals surface area contributed by atoms with Gasteiger partial charge in [-0.2, -0.15) is 0 Å². The Hall–Kier alpha value is -2.07. The highest BCUT2D eigenvalue weighted by atomic mass is 35.5. The standard InChI is InChI=1S/C22H26ClNO3/c1-5-9-27-21(26)18-13(2)24-16-11-22(3,4)12-17(25)20(16)19(18)14-7-6-8-15(23)10-14/h6-8,10,19,24H,5,9,11-12H2,1-4H3. The van der Waals surface area contributed by atoms with Crippen LogP contribution in [0.3, 0.4) is 0 Å². The lowest BCUT2D eigenvalue weighted by Gasteiger charge is -2.39. The Balaban J connectivity index is 2.14. The predicted molar refractivity (Wildman–Crippen MR) is 106 cm³/mol. The van der Waals surface area contributed by atoms with E-state index in [1.165, 1.54) is 0 Å². The summed E-state index contributed by atoms with van der Waals surface area (Å²) in [6.07, 6.45) is 1.97. The number of carbonyl (C=O) groups excluding carboxylic acids is 2. The van der Waals surface area contributed by atoms with Gasteiger partial charge in [0, 0.05) is 34.3 Å². The highest BCUT2D eigenvalue weighted by molar-refractivity contribution is 6.30. The topological polar surface area (TPSA) is 55.4 Å². The number of carbonyl (C=O) groups is 2. The van der Waals surface area contributed by atoms with Crippen LogP contribution in [0.25, 0.3) is 0 Å². The highest BCUT2D eigenvalue weighted by Crippen LogP contribution is 2.47. The maximum Gasteiger partial charge on any atom is 0.336 e. The number of dihydropyridines is 1. The molecular weight excluding hydrogens is 362 g/mol. The van der Waals surface area contributed by atoms with E-state index in [1.807, 2.05) is 32.0 Å². The van der Waals surface area contributed by atoms with E-state index in [2.05, 4.69) is 19.2 Å². The van der Waals surface area contributed by atoms with Crippen LogP contribution in [-0.4, -0.2) is 18.4 Å². The molecule has 0 spiro atoms. The van der Waals surface area contributed by atoms with Gasteiger partial charge in [-0.15, -0.1) is 0 Å². The molecule has 3 rings (SSSR count). The fourth-order valence-corrected chi connectivity index (χ4v) is 4.20. The largest absolute Gasteiger partial charge is 0.462 e. The molecule has 144 valence electrons. The van der Waals surface area contributed by atoms with Gasteiger partial charge in [0.15, 0.2) is 5.78 Å². The lowest BCUT2D eigenvalue weighted by atomic mass is 9.68. The van der Waals surface area contributed by atoms with Gasteiger partial charge < -0.3 is 10.1 Å². The number of nitrogens with one attached hydrogen (secondary N) is 1. The van der Waals surface area contributed by atoms with Gasteiger partial charge in [0.05, 0.1) is 12.2 Å². The van der Waals surface area contributed by atoms with Crippen molar-refractivity contribution in [3.63, 3.8) is 0 Å². The number of hydrogen-bond acceptors (Lipinski definition) is 4. The lowest BCUT2D eigenvalue weighted by molar-refractivity contribution is -0.139. The molecule has 0 saturated carbocycles. The Labute approximate surface area is 165 Å². The van der Waals surface area contributed by atoms with Crippen molar-refractivity contribution in [2.24, 2.45) is 5.41 Å². The highest BCUT2D eigenvalue weighted by Gasteiger charge is 2.43. The van der Waals surface area contributed by atoms with Crippen molar-refractivity contribution >= 4 is 23.4 Å². The average molecular weight is 388 g/mol. The number of Topliss-reactive ketones (excluding diaryl/α,β-unsaturated/α-hetero) is 1. The fourth-order valence-electron chi connectivity index (χ4n) is 4.00. The fraction of sp³-hybridized carbons (Fsp3) is 0.455. The van der Waals surface area contributed by atoms with Crippen molar-refractivity contribution in [2.45, 2.75) is 52.9 Å².